The first-order valence-corrected chi connectivity index (χ1v) is 7.64. The van der Waals surface area contributed by atoms with E-state index in [-0.39, 0.29) is 11.5 Å². The van der Waals surface area contributed by atoms with Crippen molar-refractivity contribution in [2.45, 2.75) is 46.5 Å². The molecular formula is C16H22N4O2. The predicted molar refractivity (Wildman–Crippen MR) is 84.7 cm³/mol. The molecule has 22 heavy (non-hydrogen) atoms. The van der Waals surface area contributed by atoms with Crippen LogP contribution in [0.3, 0.4) is 0 Å². The Morgan fingerprint density at radius 2 is 1.91 bits per heavy atom. The first-order valence-electron chi connectivity index (χ1n) is 7.64. The maximum atomic E-state index is 12.5. The topological polar surface area (TPSA) is 69.9 Å². The molecule has 0 amide bonds. The molecule has 2 aromatic rings. The average Bonchev–Trinajstić information content (AvgIpc) is 2.48. The number of ether oxygens (including phenoxy) is 1. The number of aryl methyl sites for hydroxylation is 1. The van der Waals surface area contributed by atoms with E-state index in [2.05, 4.69) is 21.9 Å². The molecule has 0 saturated carbocycles. The summed E-state index contributed by atoms with van der Waals surface area (Å²) in [5, 5.41) is 0. The lowest BCUT2D eigenvalue weighted by atomic mass is 10.2. The number of nitrogens with zero attached hydrogens (tertiary/aromatic N) is 4. The molecule has 6 heteroatoms. The maximum absolute atomic E-state index is 12.5. The SMILES string of the molecule is CCCc1cc(=O)n(-c2ncc(OCC)cn2)c(C(C)C)n1. The Balaban J connectivity index is 2.51. The van der Waals surface area contributed by atoms with Gasteiger partial charge in [-0.15, -0.1) is 0 Å². The molecule has 0 unspecified atom stereocenters. The molecule has 0 atom stereocenters. The van der Waals surface area contributed by atoms with Crippen molar-refractivity contribution in [3.05, 3.63) is 40.3 Å². The van der Waals surface area contributed by atoms with Crippen molar-refractivity contribution in [2.24, 2.45) is 0 Å². The molecule has 118 valence electrons. The zero-order valence-corrected chi connectivity index (χ0v) is 13.5. The number of aromatic nitrogens is 4. The Bertz CT molecular complexity index is 678. The highest BCUT2D eigenvalue weighted by molar-refractivity contribution is 5.23. The van der Waals surface area contributed by atoms with Crippen LogP contribution in [-0.4, -0.2) is 26.1 Å². The highest BCUT2D eigenvalue weighted by atomic mass is 16.5. The van der Waals surface area contributed by atoms with E-state index < -0.39 is 0 Å². The molecule has 6 nitrogen and oxygen atoms in total. The monoisotopic (exact) mass is 302 g/mol. The smallest absolute Gasteiger partial charge is 0.260 e. The summed E-state index contributed by atoms with van der Waals surface area (Å²) in [6, 6.07) is 1.56. The van der Waals surface area contributed by atoms with E-state index >= 15 is 0 Å². The van der Waals surface area contributed by atoms with Crippen LogP contribution in [0.25, 0.3) is 5.95 Å². The second-order valence-electron chi connectivity index (χ2n) is 5.34. The van der Waals surface area contributed by atoms with Gasteiger partial charge in [0.15, 0.2) is 5.75 Å². The minimum Gasteiger partial charge on any atom is -0.491 e. The van der Waals surface area contributed by atoms with Crippen molar-refractivity contribution in [1.29, 1.82) is 0 Å². The summed E-state index contributed by atoms with van der Waals surface area (Å²) in [7, 11) is 0. The lowest BCUT2D eigenvalue weighted by Crippen LogP contribution is -2.26. The van der Waals surface area contributed by atoms with Gasteiger partial charge in [-0.2, -0.15) is 0 Å². The standard InChI is InChI=1S/C16H22N4O2/c1-5-7-12-8-14(21)20(15(19-12)11(3)4)16-17-9-13(10-18-16)22-6-2/h8-11H,5-7H2,1-4H3. The largest absolute Gasteiger partial charge is 0.491 e. The zero-order chi connectivity index (χ0) is 16.1. The summed E-state index contributed by atoms with van der Waals surface area (Å²) in [6.45, 7) is 8.52. The molecule has 0 aliphatic carbocycles. The lowest BCUT2D eigenvalue weighted by molar-refractivity contribution is 0.337. The molecule has 0 radical (unpaired) electrons. The fourth-order valence-corrected chi connectivity index (χ4v) is 2.19. The summed E-state index contributed by atoms with van der Waals surface area (Å²) < 4.78 is 6.80. The third-order valence-corrected chi connectivity index (χ3v) is 3.15. The second kappa shape index (κ2) is 7.15. The van der Waals surface area contributed by atoms with Crippen molar-refractivity contribution in [3.63, 3.8) is 0 Å². The first-order chi connectivity index (χ1) is 10.6. The summed E-state index contributed by atoms with van der Waals surface area (Å²) in [4.78, 5) is 25.5. The summed E-state index contributed by atoms with van der Waals surface area (Å²) in [5.74, 6) is 1.69. The fourth-order valence-electron chi connectivity index (χ4n) is 2.19. The van der Waals surface area contributed by atoms with E-state index in [0.717, 1.165) is 18.5 Å². The Morgan fingerprint density at radius 1 is 1.23 bits per heavy atom. The van der Waals surface area contributed by atoms with Crippen LogP contribution in [0, 0.1) is 0 Å². The van der Waals surface area contributed by atoms with Crippen LogP contribution in [-0.2, 0) is 6.42 Å². The van der Waals surface area contributed by atoms with Crippen molar-refractivity contribution < 1.29 is 4.74 Å². The van der Waals surface area contributed by atoms with E-state index in [9.17, 15) is 4.79 Å². The summed E-state index contributed by atoms with van der Waals surface area (Å²) in [6.07, 6.45) is 4.89. The maximum Gasteiger partial charge on any atom is 0.260 e. The van der Waals surface area contributed by atoms with Gasteiger partial charge in [0.1, 0.15) is 5.82 Å². The molecule has 0 saturated heterocycles. The minimum absolute atomic E-state index is 0.0969. The predicted octanol–water partition coefficient (Wildman–Crippen LogP) is 2.50. The van der Waals surface area contributed by atoms with Crippen molar-refractivity contribution >= 4 is 0 Å². The van der Waals surface area contributed by atoms with Gasteiger partial charge in [0.05, 0.1) is 19.0 Å². The molecule has 0 spiro atoms. The van der Waals surface area contributed by atoms with Gasteiger partial charge in [-0.3, -0.25) is 4.79 Å². The Morgan fingerprint density at radius 3 is 2.45 bits per heavy atom. The van der Waals surface area contributed by atoms with Gasteiger partial charge < -0.3 is 4.74 Å². The molecule has 0 bridgehead atoms. The van der Waals surface area contributed by atoms with Crippen LogP contribution in [0.5, 0.6) is 5.75 Å². The summed E-state index contributed by atoms with van der Waals surface area (Å²) >= 11 is 0. The minimum atomic E-state index is -0.147. The third-order valence-electron chi connectivity index (χ3n) is 3.15. The van der Waals surface area contributed by atoms with Crippen molar-refractivity contribution in [3.8, 4) is 11.7 Å². The number of hydrogen-bond donors (Lipinski definition) is 0. The normalized spacial score (nSPS) is 11.0. The molecule has 0 N–H and O–H groups in total. The van der Waals surface area contributed by atoms with Crippen LogP contribution in [0.1, 0.15) is 51.6 Å². The van der Waals surface area contributed by atoms with Crippen LogP contribution in [0.2, 0.25) is 0 Å². The average molecular weight is 302 g/mol. The van der Waals surface area contributed by atoms with E-state index in [1.807, 2.05) is 20.8 Å². The molecular weight excluding hydrogens is 280 g/mol. The quantitative estimate of drug-likeness (QED) is 0.820. The molecule has 2 rings (SSSR count). The van der Waals surface area contributed by atoms with Gasteiger partial charge in [-0.25, -0.2) is 19.5 Å². The molecule has 0 aliphatic heterocycles. The fraction of sp³-hybridized carbons (Fsp3) is 0.500. The van der Waals surface area contributed by atoms with Crippen LogP contribution in [0.4, 0.5) is 0 Å². The van der Waals surface area contributed by atoms with Crippen LogP contribution < -0.4 is 10.3 Å². The zero-order valence-electron chi connectivity index (χ0n) is 13.5. The van der Waals surface area contributed by atoms with Crippen LogP contribution in [0.15, 0.2) is 23.3 Å². The Hall–Kier alpha value is -2.24. The second-order valence-corrected chi connectivity index (χ2v) is 5.34. The van der Waals surface area contributed by atoms with Crippen molar-refractivity contribution in [2.75, 3.05) is 6.61 Å². The summed E-state index contributed by atoms with van der Waals surface area (Å²) in [5.41, 5.74) is 0.671. The molecule has 0 aliphatic rings. The Kier molecular flexibility index (Phi) is 5.25. The molecule has 2 heterocycles. The highest BCUT2D eigenvalue weighted by Crippen LogP contribution is 2.15. The van der Waals surface area contributed by atoms with Gasteiger partial charge in [0, 0.05) is 17.7 Å². The molecule has 0 fully saturated rings. The third kappa shape index (κ3) is 3.50. The molecule has 0 aromatic carbocycles. The lowest BCUT2D eigenvalue weighted by Gasteiger charge is -2.14. The van der Waals surface area contributed by atoms with Crippen LogP contribution >= 0.6 is 0 Å². The van der Waals surface area contributed by atoms with E-state index in [4.69, 9.17) is 4.74 Å². The van der Waals surface area contributed by atoms with Crippen molar-refractivity contribution in [1.82, 2.24) is 19.5 Å². The number of rotatable bonds is 6. The van der Waals surface area contributed by atoms with Gasteiger partial charge in [0.25, 0.3) is 5.56 Å². The van der Waals surface area contributed by atoms with E-state index in [1.54, 1.807) is 18.5 Å². The van der Waals surface area contributed by atoms with Gasteiger partial charge in [-0.1, -0.05) is 27.2 Å². The van der Waals surface area contributed by atoms with E-state index in [0.29, 0.717) is 24.1 Å². The first kappa shape index (κ1) is 16.1. The molecule has 2 aromatic heterocycles. The number of hydrogen-bond acceptors (Lipinski definition) is 5. The van der Waals surface area contributed by atoms with E-state index in [1.165, 1.54) is 4.57 Å². The highest BCUT2D eigenvalue weighted by Gasteiger charge is 2.15. The Labute approximate surface area is 130 Å². The van der Waals surface area contributed by atoms with Gasteiger partial charge in [-0.05, 0) is 13.3 Å². The van der Waals surface area contributed by atoms with Gasteiger partial charge in [0.2, 0.25) is 5.95 Å². The van der Waals surface area contributed by atoms with Gasteiger partial charge >= 0.3 is 0 Å².